The number of amides is 1. The van der Waals surface area contributed by atoms with Crippen molar-refractivity contribution in [3.8, 4) is 0 Å². The lowest BCUT2D eigenvalue weighted by atomic mass is 10.0. The van der Waals surface area contributed by atoms with Crippen molar-refractivity contribution >= 4 is 12.1 Å². The Morgan fingerprint density at radius 3 is 2.65 bits per heavy atom. The summed E-state index contributed by atoms with van der Waals surface area (Å²) >= 11 is 0. The summed E-state index contributed by atoms with van der Waals surface area (Å²) < 4.78 is 10.3. The van der Waals surface area contributed by atoms with Gasteiger partial charge in [0.05, 0.1) is 12.0 Å². The fourth-order valence-electron chi connectivity index (χ4n) is 1.63. The lowest BCUT2D eigenvalue weighted by Crippen LogP contribution is -2.40. The van der Waals surface area contributed by atoms with Crippen LogP contribution >= 0.6 is 0 Å². The van der Waals surface area contributed by atoms with Crippen molar-refractivity contribution in [2.24, 2.45) is 5.92 Å². The summed E-state index contributed by atoms with van der Waals surface area (Å²) in [5.41, 5.74) is -0.563. The Balaban J connectivity index is 2.35. The van der Waals surface area contributed by atoms with E-state index in [1.165, 1.54) is 0 Å². The fraction of sp³-hybridized carbons (Fsp3) is 0.818. The van der Waals surface area contributed by atoms with Gasteiger partial charge < -0.3 is 19.9 Å². The molecule has 17 heavy (non-hydrogen) atoms. The van der Waals surface area contributed by atoms with Crippen molar-refractivity contribution in [3.63, 3.8) is 0 Å². The minimum absolute atomic E-state index is 0.159. The van der Waals surface area contributed by atoms with E-state index < -0.39 is 29.7 Å². The molecule has 1 aliphatic heterocycles. The first-order valence-corrected chi connectivity index (χ1v) is 5.61. The molecule has 0 unspecified atom stereocenters. The van der Waals surface area contributed by atoms with E-state index in [1.54, 1.807) is 20.8 Å². The molecule has 6 nitrogen and oxygen atoms in total. The Morgan fingerprint density at radius 2 is 2.12 bits per heavy atom. The van der Waals surface area contributed by atoms with E-state index in [0.717, 1.165) is 0 Å². The number of rotatable bonds is 3. The monoisotopic (exact) mass is 245 g/mol. The predicted octanol–water partition coefficient (Wildman–Crippen LogP) is 1.00. The van der Waals surface area contributed by atoms with Crippen LogP contribution in [0.3, 0.4) is 0 Å². The molecule has 98 valence electrons. The molecule has 0 radical (unpaired) electrons. The molecule has 1 fully saturated rings. The van der Waals surface area contributed by atoms with Crippen LogP contribution in [0.15, 0.2) is 0 Å². The Kier molecular flexibility index (Phi) is 4.34. The van der Waals surface area contributed by atoms with E-state index in [1.807, 2.05) is 0 Å². The van der Waals surface area contributed by atoms with Gasteiger partial charge in [0.15, 0.2) is 0 Å². The molecule has 1 saturated heterocycles. The van der Waals surface area contributed by atoms with Gasteiger partial charge >= 0.3 is 12.1 Å². The SMILES string of the molecule is CC(C)(C)OC(=O)NC[C@H]1OCC[C@H]1C(=O)O. The topological polar surface area (TPSA) is 84.9 Å². The van der Waals surface area contributed by atoms with Gasteiger partial charge in [-0.2, -0.15) is 0 Å². The number of hydrogen-bond donors (Lipinski definition) is 2. The number of carboxylic acid groups (broad SMARTS) is 1. The van der Waals surface area contributed by atoms with Gasteiger partial charge in [0, 0.05) is 13.2 Å². The second-order valence-electron chi connectivity index (χ2n) is 5.03. The lowest BCUT2D eigenvalue weighted by Gasteiger charge is -2.21. The van der Waals surface area contributed by atoms with Crippen LogP contribution in [0, 0.1) is 5.92 Å². The molecule has 2 atom stereocenters. The van der Waals surface area contributed by atoms with Crippen LogP contribution in [0.25, 0.3) is 0 Å². The maximum absolute atomic E-state index is 11.4. The standard InChI is InChI=1S/C11H19NO5/c1-11(2,3)17-10(15)12-6-8-7(9(13)14)4-5-16-8/h7-8H,4-6H2,1-3H3,(H,12,15)(H,13,14)/t7-,8-/m1/s1. The minimum atomic E-state index is -0.890. The lowest BCUT2D eigenvalue weighted by molar-refractivity contribution is -0.143. The second-order valence-corrected chi connectivity index (χ2v) is 5.03. The van der Waals surface area contributed by atoms with E-state index in [-0.39, 0.29) is 6.54 Å². The average molecular weight is 245 g/mol. The molecule has 1 aliphatic rings. The Morgan fingerprint density at radius 1 is 1.47 bits per heavy atom. The molecule has 0 aromatic rings. The normalized spacial score (nSPS) is 24.4. The van der Waals surface area contributed by atoms with E-state index >= 15 is 0 Å². The molecule has 6 heteroatoms. The third-order valence-electron chi connectivity index (χ3n) is 2.37. The van der Waals surface area contributed by atoms with Crippen LogP contribution in [0.4, 0.5) is 4.79 Å². The van der Waals surface area contributed by atoms with Crippen LogP contribution in [-0.4, -0.2) is 42.0 Å². The maximum atomic E-state index is 11.4. The Hall–Kier alpha value is -1.30. The first-order chi connectivity index (χ1) is 7.79. The molecule has 0 aliphatic carbocycles. The van der Waals surface area contributed by atoms with Crippen LogP contribution in [-0.2, 0) is 14.3 Å². The number of carbonyl (C=O) groups excluding carboxylic acids is 1. The third-order valence-corrected chi connectivity index (χ3v) is 2.37. The minimum Gasteiger partial charge on any atom is -0.481 e. The smallest absolute Gasteiger partial charge is 0.407 e. The number of carbonyl (C=O) groups is 2. The van der Waals surface area contributed by atoms with Gasteiger partial charge in [0.2, 0.25) is 0 Å². The van der Waals surface area contributed by atoms with Crippen molar-refractivity contribution < 1.29 is 24.2 Å². The number of carboxylic acids is 1. The third kappa shape index (κ3) is 4.60. The molecular formula is C11H19NO5. The van der Waals surface area contributed by atoms with E-state index in [9.17, 15) is 9.59 Å². The van der Waals surface area contributed by atoms with Gasteiger partial charge in [0.1, 0.15) is 5.60 Å². The van der Waals surface area contributed by atoms with Crippen molar-refractivity contribution in [1.29, 1.82) is 0 Å². The van der Waals surface area contributed by atoms with Crippen LogP contribution in [0.1, 0.15) is 27.2 Å². The molecule has 1 heterocycles. The molecule has 2 N–H and O–H groups in total. The summed E-state index contributed by atoms with van der Waals surface area (Å²) in [6, 6.07) is 0. The number of aliphatic carboxylic acids is 1. The summed E-state index contributed by atoms with van der Waals surface area (Å²) in [6.45, 7) is 5.86. The first kappa shape index (κ1) is 13.8. The first-order valence-electron chi connectivity index (χ1n) is 5.61. The summed E-state index contributed by atoms with van der Waals surface area (Å²) in [7, 11) is 0. The maximum Gasteiger partial charge on any atom is 0.407 e. The highest BCUT2D eigenvalue weighted by Gasteiger charge is 2.34. The zero-order chi connectivity index (χ0) is 13.1. The summed E-state index contributed by atoms with van der Waals surface area (Å²) in [5.74, 6) is -1.44. The van der Waals surface area contributed by atoms with Crippen LogP contribution in [0.5, 0.6) is 0 Å². The molecule has 0 bridgehead atoms. The van der Waals surface area contributed by atoms with Gasteiger partial charge in [-0.15, -0.1) is 0 Å². The van der Waals surface area contributed by atoms with E-state index in [0.29, 0.717) is 13.0 Å². The quantitative estimate of drug-likeness (QED) is 0.774. The fourth-order valence-corrected chi connectivity index (χ4v) is 1.63. The number of ether oxygens (including phenoxy) is 2. The number of alkyl carbamates (subject to hydrolysis) is 1. The highest BCUT2D eigenvalue weighted by Crippen LogP contribution is 2.20. The number of nitrogens with one attached hydrogen (secondary N) is 1. The van der Waals surface area contributed by atoms with Gasteiger partial charge in [-0.05, 0) is 27.2 Å². The van der Waals surface area contributed by atoms with Gasteiger partial charge in [-0.1, -0.05) is 0 Å². The van der Waals surface area contributed by atoms with Gasteiger partial charge in [-0.25, -0.2) is 4.79 Å². The largest absolute Gasteiger partial charge is 0.481 e. The van der Waals surface area contributed by atoms with Crippen molar-refractivity contribution in [3.05, 3.63) is 0 Å². The summed E-state index contributed by atoms with van der Waals surface area (Å²) in [5, 5.41) is 11.4. The van der Waals surface area contributed by atoms with E-state index in [2.05, 4.69) is 5.32 Å². The molecule has 1 amide bonds. The number of hydrogen-bond acceptors (Lipinski definition) is 4. The molecular weight excluding hydrogens is 226 g/mol. The molecule has 0 saturated carbocycles. The highest BCUT2D eigenvalue weighted by molar-refractivity contribution is 5.71. The molecule has 0 aromatic heterocycles. The van der Waals surface area contributed by atoms with Gasteiger partial charge in [0.25, 0.3) is 0 Å². The average Bonchev–Trinajstić information content (AvgIpc) is 2.59. The second kappa shape index (κ2) is 5.35. The summed E-state index contributed by atoms with van der Waals surface area (Å²) in [4.78, 5) is 22.2. The van der Waals surface area contributed by atoms with Crippen LogP contribution < -0.4 is 5.32 Å². The Labute approximate surface area is 100 Å². The van der Waals surface area contributed by atoms with Crippen LogP contribution in [0.2, 0.25) is 0 Å². The molecule has 0 aromatic carbocycles. The van der Waals surface area contributed by atoms with Crippen molar-refractivity contribution in [1.82, 2.24) is 5.32 Å². The Bertz CT molecular complexity index is 297. The zero-order valence-corrected chi connectivity index (χ0v) is 10.4. The van der Waals surface area contributed by atoms with Crippen molar-refractivity contribution in [2.45, 2.75) is 38.9 Å². The molecule has 1 rings (SSSR count). The van der Waals surface area contributed by atoms with Crippen molar-refractivity contribution in [2.75, 3.05) is 13.2 Å². The zero-order valence-electron chi connectivity index (χ0n) is 10.4. The predicted molar refractivity (Wildman–Crippen MR) is 59.7 cm³/mol. The van der Waals surface area contributed by atoms with Gasteiger partial charge in [-0.3, -0.25) is 4.79 Å². The summed E-state index contributed by atoms with van der Waals surface area (Å²) in [6.07, 6.45) is -0.548. The highest BCUT2D eigenvalue weighted by atomic mass is 16.6. The molecule has 0 spiro atoms. The van der Waals surface area contributed by atoms with E-state index in [4.69, 9.17) is 14.6 Å².